The van der Waals surface area contributed by atoms with E-state index in [9.17, 15) is 15.0 Å². The van der Waals surface area contributed by atoms with Gasteiger partial charge < -0.3 is 40.7 Å². The monoisotopic (exact) mass is 725 g/mol. The largest absolute Gasteiger partial charge is 0.496 e. The number of aliphatic hydroxyl groups is 2. The number of hydrogen-bond acceptors (Lipinski definition) is 10. The van der Waals surface area contributed by atoms with Crippen molar-refractivity contribution in [1.82, 2.24) is 30.8 Å². The normalized spacial score (nSPS) is 25.5. The molecule has 2 aliphatic rings. The lowest BCUT2D eigenvalue weighted by atomic mass is 9.63. The highest BCUT2D eigenvalue weighted by Crippen LogP contribution is 2.44. The van der Waals surface area contributed by atoms with Crippen molar-refractivity contribution in [1.29, 1.82) is 0 Å². The zero-order chi connectivity index (χ0) is 38.2. The number of benzene rings is 2. The van der Waals surface area contributed by atoms with Gasteiger partial charge in [-0.05, 0) is 94.0 Å². The summed E-state index contributed by atoms with van der Waals surface area (Å²) < 4.78 is 6.14. The molecule has 0 bridgehead atoms. The Labute approximate surface area is 313 Å². The van der Waals surface area contributed by atoms with Crippen LogP contribution >= 0.6 is 0 Å². The van der Waals surface area contributed by atoms with Crippen LogP contribution in [0.4, 0.5) is 0 Å². The summed E-state index contributed by atoms with van der Waals surface area (Å²) in [6, 6.07) is 12.0. The minimum Gasteiger partial charge on any atom is -0.496 e. The Hall–Kier alpha value is -2.61. The van der Waals surface area contributed by atoms with E-state index >= 15 is 0 Å². The Kier molecular flexibility index (Phi) is 15.5. The van der Waals surface area contributed by atoms with E-state index in [4.69, 9.17) is 9.57 Å². The second-order valence-corrected chi connectivity index (χ2v) is 16.5. The number of amides is 1. The first-order valence-electron chi connectivity index (χ1n) is 19.2. The predicted octanol–water partition coefficient (Wildman–Crippen LogP) is 3.72. The lowest BCUT2D eigenvalue weighted by Gasteiger charge is -2.46. The first kappa shape index (κ1) is 42.1. The number of methoxy groups -OCH3 is 1. The van der Waals surface area contributed by atoms with Crippen molar-refractivity contribution in [3.63, 3.8) is 0 Å². The Morgan fingerprint density at radius 3 is 2.19 bits per heavy atom. The Morgan fingerprint density at radius 2 is 1.65 bits per heavy atom. The molecule has 2 aromatic carbocycles. The zero-order valence-corrected chi connectivity index (χ0v) is 33.5. The van der Waals surface area contributed by atoms with Crippen LogP contribution in [0.3, 0.4) is 0 Å². The Balaban J connectivity index is 1.64. The summed E-state index contributed by atoms with van der Waals surface area (Å²) in [5.41, 5.74) is 5.43. The summed E-state index contributed by atoms with van der Waals surface area (Å²) >= 11 is 0. The first-order valence-corrected chi connectivity index (χ1v) is 19.2. The summed E-state index contributed by atoms with van der Waals surface area (Å²) in [5.74, 6) is 0.653. The molecule has 1 saturated heterocycles. The summed E-state index contributed by atoms with van der Waals surface area (Å²) in [4.78, 5) is 24.9. The molecule has 2 fully saturated rings. The van der Waals surface area contributed by atoms with Crippen LogP contribution in [-0.2, 0) is 29.3 Å². The van der Waals surface area contributed by atoms with E-state index in [1.807, 2.05) is 12.1 Å². The SMILES string of the molecule is COc1c(CN2O[C@@H](CO)[C@H]([C@H](C)O)[C@H]2C(=O)N[C@H]2CCC(C)(C)[C@@H](C)[C@@H]2C)cccc1-c1cc(CNCCN(C)C)cc(CNCCN(C)C)c1. The number of carbonyl (C=O) groups excluding carboxylic acids is 1. The van der Waals surface area contributed by atoms with Crippen molar-refractivity contribution < 1.29 is 24.6 Å². The highest BCUT2D eigenvalue weighted by atomic mass is 16.7. The summed E-state index contributed by atoms with van der Waals surface area (Å²) in [7, 11) is 9.98. The fourth-order valence-corrected chi connectivity index (χ4v) is 7.96. The molecular formula is C41H68N6O5. The van der Waals surface area contributed by atoms with Crippen LogP contribution in [0.25, 0.3) is 11.1 Å². The lowest BCUT2D eigenvalue weighted by molar-refractivity contribution is -0.182. The van der Waals surface area contributed by atoms with Gasteiger partial charge in [0.25, 0.3) is 0 Å². The fraction of sp³-hybridized carbons (Fsp3) is 0.683. The van der Waals surface area contributed by atoms with Gasteiger partial charge in [0.2, 0.25) is 5.91 Å². The molecule has 5 N–H and O–H groups in total. The van der Waals surface area contributed by atoms with Gasteiger partial charge in [0.05, 0.1) is 26.4 Å². The van der Waals surface area contributed by atoms with Crippen molar-refractivity contribution in [2.24, 2.45) is 23.2 Å². The quantitative estimate of drug-likeness (QED) is 0.146. The second-order valence-electron chi connectivity index (χ2n) is 16.5. The number of carbonyl (C=O) groups is 1. The summed E-state index contributed by atoms with van der Waals surface area (Å²) in [6.45, 7) is 15.9. The summed E-state index contributed by atoms with van der Waals surface area (Å²) in [5, 5.41) is 33.5. The number of nitrogens with one attached hydrogen (secondary N) is 3. The molecule has 0 spiro atoms. The van der Waals surface area contributed by atoms with E-state index in [-0.39, 0.29) is 30.5 Å². The van der Waals surface area contributed by atoms with Gasteiger partial charge in [-0.15, -0.1) is 0 Å². The third-order valence-electron chi connectivity index (χ3n) is 11.6. The van der Waals surface area contributed by atoms with Crippen molar-refractivity contribution in [2.45, 2.75) is 91.4 Å². The fourth-order valence-electron chi connectivity index (χ4n) is 7.96. The van der Waals surface area contributed by atoms with Crippen LogP contribution < -0.4 is 20.7 Å². The Bertz CT molecular complexity index is 1400. The minimum atomic E-state index is -0.869. The maximum Gasteiger partial charge on any atom is 0.240 e. The van der Waals surface area contributed by atoms with E-state index in [0.717, 1.165) is 68.8 Å². The molecule has 0 aromatic heterocycles. The molecule has 1 aliphatic carbocycles. The predicted molar refractivity (Wildman–Crippen MR) is 209 cm³/mol. The number of nitrogens with zero attached hydrogens (tertiary/aromatic N) is 3. The number of para-hydroxylation sites is 1. The molecule has 4 rings (SSSR count). The number of likely N-dealkylation sites (N-methyl/N-ethyl adjacent to an activating group) is 2. The molecule has 1 saturated carbocycles. The molecule has 1 amide bonds. The van der Waals surface area contributed by atoms with Gasteiger partial charge in [-0.3, -0.25) is 9.63 Å². The molecule has 292 valence electrons. The number of aliphatic hydroxyl groups excluding tert-OH is 2. The third kappa shape index (κ3) is 10.8. The number of hydrogen-bond donors (Lipinski definition) is 5. The van der Waals surface area contributed by atoms with E-state index < -0.39 is 24.2 Å². The van der Waals surface area contributed by atoms with Crippen molar-refractivity contribution in [2.75, 3.05) is 68.1 Å². The number of rotatable bonds is 18. The van der Waals surface area contributed by atoms with Crippen LogP contribution in [0.5, 0.6) is 5.75 Å². The molecule has 11 nitrogen and oxygen atoms in total. The van der Waals surface area contributed by atoms with Crippen LogP contribution in [0.2, 0.25) is 0 Å². The van der Waals surface area contributed by atoms with Gasteiger partial charge in [0.1, 0.15) is 17.9 Å². The molecule has 1 heterocycles. The molecule has 1 aliphatic heterocycles. The maximum absolute atomic E-state index is 14.2. The molecule has 52 heavy (non-hydrogen) atoms. The molecular weight excluding hydrogens is 656 g/mol. The smallest absolute Gasteiger partial charge is 0.240 e. The molecule has 0 radical (unpaired) electrons. The van der Waals surface area contributed by atoms with Gasteiger partial charge in [0, 0.05) is 62.4 Å². The minimum absolute atomic E-state index is 0.0225. The molecule has 11 heteroatoms. The maximum atomic E-state index is 14.2. The van der Waals surface area contributed by atoms with Crippen molar-refractivity contribution in [3.05, 3.63) is 53.1 Å². The van der Waals surface area contributed by atoms with E-state index in [2.05, 4.69) is 106 Å². The third-order valence-corrected chi connectivity index (χ3v) is 11.6. The van der Waals surface area contributed by atoms with Gasteiger partial charge >= 0.3 is 0 Å². The van der Waals surface area contributed by atoms with E-state index in [1.54, 1.807) is 19.1 Å². The Morgan fingerprint density at radius 1 is 1.04 bits per heavy atom. The average Bonchev–Trinajstić information content (AvgIpc) is 3.47. The molecule has 2 aromatic rings. The lowest BCUT2D eigenvalue weighted by Crippen LogP contribution is -2.55. The average molecular weight is 725 g/mol. The van der Waals surface area contributed by atoms with Crippen molar-refractivity contribution >= 4 is 5.91 Å². The van der Waals surface area contributed by atoms with Crippen molar-refractivity contribution in [3.8, 4) is 16.9 Å². The number of hydroxylamine groups is 2. The van der Waals surface area contributed by atoms with Crippen LogP contribution in [0.15, 0.2) is 36.4 Å². The topological polar surface area (TPSA) is 122 Å². The molecule has 7 atom stereocenters. The van der Waals surface area contributed by atoms with Gasteiger partial charge in [-0.1, -0.05) is 52.0 Å². The second kappa shape index (κ2) is 19.1. The molecule has 0 unspecified atom stereocenters. The number of ether oxygens (including phenoxy) is 1. The van der Waals surface area contributed by atoms with Crippen LogP contribution in [-0.4, -0.2) is 123 Å². The highest BCUT2D eigenvalue weighted by molar-refractivity contribution is 5.83. The van der Waals surface area contributed by atoms with Gasteiger partial charge in [-0.2, -0.15) is 5.06 Å². The van der Waals surface area contributed by atoms with Crippen LogP contribution in [0.1, 0.15) is 64.2 Å². The van der Waals surface area contributed by atoms with E-state index in [1.165, 1.54) is 11.1 Å². The van der Waals surface area contributed by atoms with Crippen LogP contribution in [0, 0.1) is 23.2 Å². The first-order chi connectivity index (χ1) is 24.7. The highest BCUT2D eigenvalue weighted by Gasteiger charge is 2.50. The zero-order valence-electron chi connectivity index (χ0n) is 33.5. The standard InChI is InChI=1S/C41H68N6O5/c1-27-28(2)41(4,5)15-14-35(27)44-40(50)38-37(29(3)49)36(26-48)52-47(38)25-32-12-11-13-34(39(32)51-10)33-21-30(23-42-16-18-45(6)7)20-31(22-33)24-43-17-19-46(8)9/h11-13,20-22,27-29,35-38,42-43,48-49H,14-19,23-26H2,1-10H3,(H,44,50)/t27-,28-,29-,35-,36-,37-,38-/m0/s1. The van der Waals surface area contributed by atoms with Gasteiger partial charge in [0.15, 0.2) is 0 Å². The summed E-state index contributed by atoms with van der Waals surface area (Å²) in [6.07, 6.45) is 0.337. The van der Waals surface area contributed by atoms with Gasteiger partial charge in [-0.25, -0.2) is 0 Å². The van der Waals surface area contributed by atoms with E-state index in [0.29, 0.717) is 17.6 Å².